The van der Waals surface area contributed by atoms with Gasteiger partial charge in [0.2, 0.25) is 0 Å². The molecule has 3 saturated carbocycles. The van der Waals surface area contributed by atoms with E-state index in [0.717, 1.165) is 51.4 Å². The maximum absolute atomic E-state index is 12.8. The van der Waals surface area contributed by atoms with Crippen LogP contribution in [0.2, 0.25) is 0 Å². The van der Waals surface area contributed by atoms with Gasteiger partial charge in [-0.15, -0.1) is 0 Å². The molecule has 2 aromatic rings. The molecule has 43 heavy (non-hydrogen) atoms. The number of ether oxygens (including phenoxy) is 1. The zero-order valence-electron chi connectivity index (χ0n) is 26.0. The lowest BCUT2D eigenvalue weighted by Crippen LogP contribution is -2.54. The number of aliphatic hydroxyl groups is 1. The van der Waals surface area contributed by atoms with Crippen molar-refractivity contribution in [2.24, 2.45) is 22.7 Å². The highest BCUT2D eigenvalue weighted by Gasteiger charge is 2.74. The minimum absolute atomic E-state index is 0.0183. The molecule has 0 radical (unpaired) electrons. The molecule has 6 rings (SSSR count). The molecule has 4 aliphatic rings. The second-order valence-electron chi connectivity index (χ2n) is 14.5. The van der Waals surface area contributed by atoms with E-state index in [-0.39, 0.29) is 16.8 Å². The molecule has 0 aromatic heterocycles. The average molecular weight is 587 g/mol. The van der Waals surface area contributed by atoms with Crippen molar-refractivity contribution in [2.75, 3.05) is 0 Å². The Bertz CT molecular complexity index is 1290. The van der Waals surface area contributed by atoms with Gasteiger partial charge in [-0.3, -0.25) is 4.79 Å². The molecular weight excluding hydrogens is 536 g/mol. The molecule has 2 aromatic carbocycles. The highest BCUT2D eigenvalue weighted by atomic mass is 16.5. The Hall–Kier alpha value is -2.66. The number of carbonyl (C=O) groups excluding carboxylic acids is 1. The summed E-state index contributed by atoms with van der Waals surface area (Å²) in [6.45, 7) is 2.45. The first-order valence-corrected chi connectivity index (χ1v) is 17.1. The summed E-state index contributed by atoms with van der Waals surface area (Å²) in [4.78, 5) is 23.5. The molecule has 3 fully saturated rings. The molecule has 2 unspecified atom stereocenters. The van der Waals surface area contributed by atoms with Crippen LogP contribution in [-0.2, 0) is 11.2 Å². The summed E-state index contributed by atoms with van der Waals surface area (Å²) in [5.41, 5.74) is 3.16. The van der Waals surface area contributed by atoms with Crippen molar-refractivity contribution in [1.29, 1.82) is 0 Å². The van der Waals surface area contributed by atoms with Gasteiger partial charge >= 0.3 is 11.9 Å². The minimum atomic E-state index is -0.685. The summed E-state index contributed by atoms with van der Waals surface area (Å²) in [5, 5.41) is 20.7. The van der Waals surface area contributed by atoms with Crippen LogP contribution in [0.1, 0.15) is 137 Å². The number of fused-ring (bicyclic) bond motifs is 3. The normalized spacial score (nSPS) is 32.1. The summed E-state index contributed by atoms with van der Waals surface area (Å²) in [6, 6.07) is 15.6. The molecule has 0 saturated heterocycles. The Balaban J connectivity index is 1.14. The molecule has 0 spiro atoms. The lowest BCUT2D eigenvalue weighted by molar-refractivity contribution is -0.137. The Morgan fingerprint density at radius 1 is 0.884 bits per heavy atom. The van der Waals surface area contributed by atoms with E-state index in [1.165, 1.54) is 62.5 Å². The van der Waals surface area contributed by atoms with Crippen LogP contribution in [0.5, 0.6) is 5.75 Å². The number of aryl methyl sites for hydroxylation is 1. The third-order valence-electron chi connectivity index (χ3n) is 12.6. The highest BCUT2D eigenvalue weighted by molar-refractivity contribution is 5.91. The second kappa shape index (κ2) is 12.4. The van der Waals surface area contributed by atoms with Crippen molar-refractivity contribution >= 4 is 11.9 Å². The van der Waals surface area contributed by atoms with E-state index < -0.39 is 11.6 Å². The van der Waals surface area contributed by atoms with E-state index in [0.29, 0.717) is 35.5 Å². The molecule has 0 amide bonds. The molecule has 5 heteroatoms. The number of carboxylic acids is 1. The first-order valence-electron chi connectivity index (χ1n) is 17.1. The monoisotopic (exact) mass is 586 g/mol. The van der Waals surface area contributed by atoms with Crippen molar-refractivity contribution in [3.63, 3.8) is 0 Å². The zero-order valence-corrected chi connectivity index (χ0v) is 26.0. The van der Waals surface area contributed by atoms with Gasteiger partial charge in [0.05, 0.1) is 11.2 Å². The van der Waals surface area contributed by atoms with Gasteiger partial charge in [-0.05, 0) is 116 Å². The van der Waals surface area contributed by atoms with Gasteiger partial charge in [-0.1, -0.05) is 76.1 Å². The number of benzene rings is 2. The van der Waals surface area contributed by atoms with Gasteiger partial charge in [0.1, 0.15) is 5.75 Å². The van der Waals surface area contributed by atoms with E-state index >= 15 is 0 Å². The van der Waals surface area contributed by atoms with Crippen LogP contribution in [0.3, 0.4) is 0 Å². The maximum Gasteiger partial charge on any atom is 0.343 e. The molecule has 0 aliphatic heterocycles. The lowest BCUT2D eigenvalue weighted by Gasteiger charge is -2.59. The van der Waals surface area contributed by atoms with Gasteiger partial charge in [0, 0.05) is 11.8 Å². The smallest absolute Gasteiger partial charge is 0.343 e. The summed E-state index contributed by atoms with van der Waals surface area (Å²) in [6.07, 6.45) is 18.2. The van der Waals surface area contributed by atoms with Crippen LogP contribution in [0.4, 0.5) is 0 Å². The van der Waals surface area contributed by atoms with Crippen molar-refractivity contribution < 1.29 is 24.5 Å². The summed E-state index contributed by atoms with van der Waals surface area (Å²) in [7, 11) is 0. The Morgan fingerprint density at radius 3 is 2.26 bits per heavy atom. The van der Waals surface area contributed by atoms with Gasteiger partial charge in [0.15, 0.2) is 0 Å². The van der Waals surface area contributed by atoms with Gasteiger partial charge < -0.3 is 14.9 Å². The predicted octanol–water partition coefficient (Wildman–Crippen LogP) is 8.87. The van der Waals surface area contributed by atoms with Crippen LogP contribution in [0.25, 0.3) is 0 Å². The number of aliphatic carboxylic acids is 1. The predicted molar refractivity (Wildman–Crippen MR) is 168 cm³/mol. The van der Waals surface area contributed by atoms with Crippen LogP contribution in [0.15, 0.2) is 48.5 Å². The lowest BCUT2D eigenvalue weighted by atomic mass is 9.45. The summed E-state index contributed by atoms with van der Waals surface area (Å²) < 4.78 is 5.82. The maximum atomic E-state index is 12.8. The van der Waals surface area contributed by atoms with Crippen molar-refractivity contribution in [3.05, 3.63) is 65.2 Å². The third-order valence-corrected chi connectivity index (χ3v) is 12.6. The Morgan fingerprint density at radius 2 is 1.56 bits per heavy atom. The van der Waals surface area contributed by atoms with Crippen LogP contribution in [-0.4, -0.2) is 27.8 Å². The van der Waals surface area contributed by atoms with E-state index in [2.05, 4.69) is 19.1 Å². The number of carboxylic acid groups (broad SMARTS) is 1. The summed E-state index contributed by atoms with van der Waals surface area (Å²) in [5.74, 6) is 1.35. The molecule has 5 nitrogen and oxygen atoms in total. The fourth-order valence-electron chi connectivity index (χ4n) is 10.4. The number of hydrogen-bond acceptors (Lipinski definition) is 4. The molecule has 2 N–H and O–H groups in total. The van der Waals surface area contributed by atoms with Crippen molar-refractivity contribution in [2.45, 2.75) is 128 Å². The van der Waals surface area contributed by atoms with E-state index in [1.807, 2.05) is 24.3 Å². The van der Waals surface area contributed by atoms with E-state index in [1.54, 1.807) is 12.1 Å². The quantitative estimate of drug-likeness (QED) is 0.139. The SMILES string of the molecule is C[C@]12C[C@H](CCCCCCCCCCC(=O)O)C3c4ccc(OC(=O)c5ccccc5)cc4CCC3C13CCC2(O)CC3. The summed E-state index contributed by atoms with van der Waals surface area (Å²) >= 11 is 0. The Labute approximate surface area is 257 Å². The van der Waals surface area contributed by atoms with Crippen molar-refractivity contribution in [1.82, 2.24) is 0 Å². The van der Waals surface area contributed by atoms with Gasteiger partial charge in [-0.25, -0.2) is 4.79 Å². The van der Waals surface area contributed by atoms with Gasteiger partial charge in [0.25, 0.3) is 0 Å². The number of unbranched alkanes of at least 4 members (excludes halogenated alkanes) is 7. The third kappa shape index (κ3) is 5.56. The number of esters is 1. The molecule has 0 heterocycles. The highest BCUT2D eigenvalue weighted by Crippen LogP contribution is 2.78. The first-order chi connectivity index (χ1) is 20.8. The number of rotatable bonds is 13. The largest absolute Gasteiger partial charge is 0.481 e. The van der Waals surface area contributed by atoms with Crippen LogP contribution in [0, 0.1) is 22.7 Å². The first kappa shape index (κ1) is 30.4. The van der Waals surface area contributed by atoms with Crippen LogP contribution >= 0.6 is 0 Å². The fraction of sp³-hybridized carbons (Fsp3) is 0.632. The second-order valence-corrected chi connectivity index (χ2v) is 14.5. The van der Waals surface area contributed by atoms with Crippen LogP contribution < -0.4 is 4.74 Å². The zero-order chi connectivity index (χ0) is 30.1. The molecule has 4 aliphatic carbocycles. The average Bonchev–Trinajstić information content (AvgIpc) is 3.37. The minimum Gasteiger partial charge on any atom is -0.481 e. The standard InChI is InChI=1S/C38H50O5/c1-36-26-29(15-9-6-4-2-3-5-7-12-16-33(39)40)34-31-19-18-30(43-35(41)27-13-10-8-11-14-27)25-28(31)17-20-32(34)37(36)21-23-38(36,42)24-22-37/h8,10-11,13-14,18-19,25,29,32,34,42H,2-7,9,12,15-17,20-24,26H2,1H3,(H,39,40)/t29-,32?,34?,36-,37?,38?/m0/s1. The molecule has 4 atom stereocenters. The number of carbonyl (C=O) groups is 2. The molecule has 232 valence electrons. The Kier molecular flexibility index (Phi) is 8.75. The van der Waals surface area contributed by atoms with E-state index in [4.69, 9.17) is 9.84 Å². The number of hydrogen-bond donors (Lipinski definition) is 2. The molecule has 2 bridgehead atoms. The van der Waals surface area contributed by atoms with Gasteiger partial charge in [-0.2, -0.15) is 0 Å². The molecular formula is C38H50O5. The van der Waals surface area contributed by atoms with E-state index in [9.17, 15) is 14.7 Å². The fourth-order valence-corrected chi connectivity index (χ4v) is 10.4. The van der Waals surface area contributed by atoms with Crippen molar-refractivity contribution in [3.8, 4) is 5.75 Å². The topological polar surface area (TPSA) is 83.8 Å².